The van der Waals surface area contributed by atoms with Crippen molar-refractivity contribution in [3.63, 3.8) is 0 Å². The van der Waals surface area contributed by atoms with E-state index in [1.165, 1.54) is 19.2 Å². The average molecular weight is 378 g/mol. The molecule has 1 aromatic carbocycles. The summed E-state index contributed by atoms with van der Waals surface area (Å²) in [6.45, 7) is 15.9. The van der Waals surface area contributed by atoms with Crippen molar-refractivity contribution in [1.29, 1.82) is 0 Å². The first-order valence-electron chi connectivity index (χ1n) is 10.3. The largest absolute Gasteiger partial charge is 0.357 e. The Morgan fingerprint density at radius 1 is 1.15 bits per heavy atom. The number of halogens is 1. The Bertz CT molecular complexity index is 569. The van der Waals surface area contributed by atoms with Crippen molar-refractivity contribution in [2.45, 2.75) is 27.2 Å². The first-order valence-corrected chi connectivity index (χ1v) is 10.3. The van der Waals surface area contributed by atoms with Crippen LogP contribution in [0.5, 0.6) is 0 Å². The van der Waals surface area contributed by atoms with Gasteiger partial charge in [-0.15, -0.1) is 0 Å². The van der Waals surface area contributed by atoms with Crippen molar-refractivity contribution in [3.8, 4) is 0 Å². The molecule has 1 aliphatic heterocycles. The molecule has 0 aromatic heterocycles. The van der Waals surface area contributed by atoms with Crippen molar-refractivity contribution in [2.75, 3.05) is 58.9 Å². The monoisotopic (exact) mass is 377 g/mol. The minimum atomic E-state index is -0.179. The lowest BCUT2D eigenvalue weighted by atomic mass is 10.1. The Morgan fingerprint density at radius 3 is 2.56 bits per heavy atom. The first-order chi connectivity index (χ1) is 13.1. The molecule has 2 N–H and O–H groups in total. The molecule has 5 nitrogen and oxygen atoms in total. The molecule has 1 saturated heterocycles. The molecule has 1 aromatic rings. The van der Waals surface area contributed by atoms with Crippen LogP contribution in [0.1, 0.15) is 26.3 Å². The van der Waals surface area contributed by atoms with Gasteiger partial charge in [0.2, 0.25) is 0 Å². The predicted molar refractivity (Wildman–Crippen MR) is 112 cm³/mol. The molecular weight excluding hydrogens is 341 g/mol. The van der Waals surface area contributed by atoms with E-state index in [4.69, 9.17) is 4.99 Å². The summed E-state index contributed by atoms with van der Waals surface area (Å²) in [5.41, 5.74) is 0.998. The van der Waals surface area contributed by atoms with Gasteiger partial charge in [0.1, 0.15) is 5.82 Å². The number of hydrogen-bond donors (Lipinski definition) is 2. The summed E-state index contributed by atoms with van der Waals surface area (Å²) in [5.74, 6) is 1.19. The third kappa shape index (κ3) is 8.26. The Labute approximate surface area is 164 Å². The molecule has 1 unspecified atom stereocenters. The van der Waals surface area contributed by atoms with Gasteiger partial charge in [-0.1, -0.05) is 26.0 Å². The zero-order valence-corrected chi connectivity index (χ0v) is 17.2. The Kier molecular flexibility index (Phi) is 9.56. The Morgan fingerprint density at radius 2 is 1.89 bits per heavy atom. The number of rotatable bonds is 9. The van der Waals surface area contributed by atoms with Crippen LogP contribution in [0.15, 0.2) is 29.3 Å². The number of nitrogens with one attached hydrogen (secondary N) is 2. The number of nitrogens with zero attached hydrogens (tertiary/aromatic N) is 3. The zero-order valence-electron chi connectivity index (χ0n) is 17.2. The topological polar surface area (TPSA) is 42.9 Å². The second-order valence-corrected chi connectivity index (χ2v) is 7.37. The van der Waals surface area contributed by atoms with Crippen molar-refractivity contribution in [2.24, 2.45) is 10.9 Å². The van der Waals surface area contributed by atoms with E-state index in [1.54, 1.807) is 12.1 Å². The molecule has 0 spiro atoms. The number of aliphatic imine (C=N–C) groups is 1. The van der Waals surface area contributed by atoms with Crippen LogP contribution in [-0.4, -0.2) is 74.7 Å². The fourth-order valence-corrected chi connectivity index (χ4v) is 3.39. The van der Waals surface area contributed by atoms with Crippen molar-refractivity contribution in [3.05, 3.63) is 35.6 Å². The van der Waals surface area contributed by atoms with Gasteiger partial charge < -0.3 is 20.4 Å². The van der Waals surface area contributed by atoms with Crippen LogP contribution in [0.25, 0.3) is 0 Å². The maximum atomic E-state index is 13.3. The lowest BCUT2D eigenvalue weighted by Crippen LogP contribution is -2.47. The molecule has 1 heterocycles. The Hall–Kier alpha value is -1.66. The summed E-state index contributed by atoms with van der Waals surface area (Å²) >= 11 is 0. The average Bonchev–Trinajstić information content (AvgIpc) is 2.67. The maximum absolute atomic E-state index is 13.3. The van der Waals surface area contributed by atoms with Gasteiger partial charge in [-0.05, 0) is 43.5 Å². The molecule has 0 bridgehead atoms. The molecule has 1 fully saturated rings. The minimum absolute atomic E-state index is 0.179. The van der Waals surface area contributed by atoms with E-state index in [1.807, 2.05) is 6.07 Å². The zero-order chi connectivity index (χ0) is 19.5. The van der Waals surface area contributed by atoms with Crippen LogP contribution in [0.3, 0.4) is 0 Å². The van der Waals surface area contributed by atoms with E-state index < -0.39 is 0 Å². The highest BCUT2D eigenvalue weighted by atomic mass is 19.1. The molecule has 1 aliphatic rings. The summed E-state index contributed by atoms with van der Waals surface area (Å²) in [6.07, 6.45) is 0.777. The predicted octanol–water partition coefficient (Wildman–Crippen LogP) is 2.20. The second kappa shape index (κ2) is 11.9. The van der Waals surface area contributed by atoms with Crippen LogP contribution in [-0.2, 0) is 6.42 Å². The molecule has 1 atom stereocenters. The van der Waals surface area contributed by atoms with Gasteiger partial charge >= 0.3 is 0 Å². The first kappa shape index (κ1) is 21.6. The lowest BCUT2D eigenvalue weighted by Gasteiger charge is -2.35. The number of guanidine groups is 1. The molecule has 27 heavy (non-hydrogen) atoms. The van der Waals surface area contributed by atoms with Crippen LogP contribution < -0.4 is 10.6 Å². The second-order valence-electron chi connectivity index (χ2n) is 7.37. The fourth-order valence-electron chi connectivity index (χ4n) is 3.39. The van der Waals surface area contributed by atoms with Crippen LogP contribution in [0.2, 0.25) is 0 Å². The summed E-state index contributed by atoms with van der Waals surface area (Å²) in [4.78, 5) is 9.80. The van der Waals surface area contributed by atoms with E-state index >= 15 is 0 Å². The molecule has 0 amide bonds. The quantitative estimate of drug-likeness (QED) is 0.511. The van der Waals surface area contributed by atoms with Crippen LogP contribution in [0.4, 0.5) is 4.39 Å². The van der Waals surface area contributed by atoms with E-state index in [0.717, 1.165) is 63.8 Å². The molecule has 152 valence electrons. The van der Waals surface area contributed by atoms with Gasteiger partial charge in [0.05, 0.1) is 0 Å². The molecule has 2 rings (SSSR count). The maximum Gasteiger partial charge on any atom is 0.191 e. The van der Waals surface area contributed by atoms with E-state index in [-0.39, 0.29) is 5.82 Å². The Balaban J connectivity index is 1.73. The summed E-state index contributed by atoms with van der Waals surface area (Å²) in [6, 6.07) is 6.78. The van der Waals surface area contributed by atoms with Gasteiger partial charge in [0, 0.05) is 52.4 Å². The molecule has 0 saturated carbocycles. The number of piperazine rings is 1. The lowest BCUT2D eigenvalue weighted by molar-refractivity contribution is 0.125. The van der Waals surface area contributed by atoms with Gasteiger partial charge in [-0.2, -0.15) is 0 Å². The smallest absolute Gasteiger partial charge is 0.191 e. The van der Waals surface area contributed by atoms with Crippen molar-refractivity contribution in [1.82, 2.24) is 20.4 Å². The summed E-state index contributed by atoms with van der Waals surface area (Å²) < 4.78 is 13.3. The minimum Gasteiger partial charge on any atom is -0.357 e. The van der Waals surface area contributed by atoms with Crippen LogP contribution in [0, 0.1) is 11.7 Å². The summed E-state index contributed by atoms with van der Waals surface area (Å²) in [7, 11) is 0. The van der Waals surface area contributed by atoms with E-state index in [0.29, 0.717) is 5.92 Å². The van der Waals surface area contributed by atoms with Gasteiger partial charge in [-0.3, -0.25) is 4.99 Å². The van der Waals surface area contributed by atoms with E-state index in [2.05, 4.69) is 41.2 Å². The highest BCUT2D eigenvalue weighted by Gasteiger charge is 2.17. The molecular formula is C21H36FN5. The third-order valence-corrected chi connectivity index (χ3v) is 4.98. The van der Waals surface area contributed by atoms with Gasteiger partial charge in [0.25, 0.3) is 0 Å². The standard InChI is InChI=1S/C21H36FN5/c1-4-23-21(24-10-9-19-7-6-8-20(22)15-19)25-16-18(3)17-27-13-11-26(5-2)12-14-27/h6-8,15,18H,4-5,9-14,16-17H2,1-3H3,(H2,23,24,25). The number of likely N-dealkylation sites (N-methyl/N-ethyl adjacent to an activating group) is 1. The van der Waals surface area contributed by atoms with Crippen molar-refractivity contribution < 1.29 is 4.39 Å². The highest BCUT2D eigenvalue weighted by Crippen LogP contribution is 2.06. The molecule has 0 radical (unpaired) electrons. The normalized spacial score (nSPS) is 17.7. The summed E-state index contributed by atoms with van der Waals surface area (Å²) in [5, 5.41) is 6.65. The van der Waals surface area contributed by atoms with Gasteiger partial charge in [0.15, 0.2) is 5.96 Å². The van der Waals surface area contributed by atoms with E-state index in [9.17, 15) is 4.39 Å². The highest BCUT2D eigenvalue weighted by molar-refractivity contribution is 5.79. The number of benzene rings is 1. The van der Waals surface area contributed by atoms with Gasteiger partial charge in [-0.25, -0.2) is 4.39 Å². The molecule has 6 heteroatoms. The van der Waals surface area contributed by atoms with Crippen molar-refractivity contribution >= 4 is 5.96 Å². The number of hydrogen-bond acceptors (Lipinski definition) is 3. The third-order valence-electron chi connectivity index (χ3n) is 4.98. The fraction of sp³-hybridized carbons (Fsp3) is 0.667. The SMILES string of the molecule is CCNC(=NCC(C)CN1CCN(CC)CC1)NCCc1cccc(F)c1. The molecule has 0 aliphatic carbocycles. The van der Waals surface area contributed by atoms with Crippen LogP contribution >= 0.6 is 0 Å².